The molecule has 0 aromatic heterocycles. The molecule has 0 aliphatic rings. The zero-order valence-electron chi connectivity index (χ0n) is 22.1. The van der Waals surface area contributed by atoms with Gasteiger partial charge in [0.15, 0.2) is 0 Å². The molecule has 0 aliphatic heterocycles. The van der Waals surface area contributed by atoms with Gasteiger partial charge in [0, 0.05) is 17.6 Å². The topological polar surface area (TPSA) is 86.8 Å². The number of sulfonamides is 1. The van der Waals surface area contributed by atoms with Crippen LogP contribution in [0.3, 0.4) is 0 Å². The first kappa shape index (κ1) is 29.2. The van der Waals surface area contributed by atoms with Crippen LogP contribution in [-0.4, -0.2) is 43.8 Å². The fraction of sp³-hybridized carbons (Fsp3) is 0.310. The molecule has 0 saturated heterocycles. The van der Waals surface area contributed by atoms with E-state index in [9.17, 15) is 18.0 Å². The van der Waals surface area contributed by atoms with Crippen LogP contribution in [0, 0.1) is 6.92 Å². The van der Waals surface area contributed by atoms with E-state index >= 15 is 0 Å². The van der Waals surface area contributed by atoms with Gasteiger partial charge in [-0.1, -0.05) is 61.0 Å². The van der Waals surface area contributed by atoms with Crippen molar-refractivity contribution in [3.8, 4) is 0 Å². The van der Waals surface area contributed by atoms with E-state index in [-0.39, 0.29) is 23.4 Å². The van der Waals surface area contributed by atoms with Crippen LogP contribution in [0.5, 0.6) is 0 Å². The van der Waals surface area contributed by atoms with Crippen LogP contribution in [0.15, 0.2) is 83.8 Å². The molecule has 7 nitrogen and oxygen atoms in total. The number of hydrogen-bond acceptors (Lipinski definition) is 4. The Morgan fingerprint density at radius 2 is 1.61 bits per heavy atom. The van der Waals surface area contributed by atoms with Gasteiger partial charge in [0.1, 0.15) is 12.6 Å². The number of halogens is 1. The van der Waals surface area contributed by atoms with Crippen molar-refractivity contribution in [2.24, 2.45) is 0 Å². The lowest BCUT2D eigenvalue weighted by Gasteiger charge is -2.33. The lowest BCUT2D eigenvalue weighted by atomic mass is 10.1. The molecule has 0 bridgehead atoms. The minimum Gasteiger partial charge on any atom is -0.352 e. The van der Waals surface area contributed by atoms with Gasteiger partial charge in [-0.2, -0.15) is 0 Å². The van der Waals surface area contributed by atoms with Crippen LogP contribution in [0.25, 0.3) is 0 Å². The Morgan fingerprint density at radius 3 is 2.18 bits per heavy atom. The average Bonchev–Trinajstić information content (AvgIpc) is 2.87. The van der Waals surface area contributed by atoms with E-state index in [0.29, 0.717) is 17.1 Å². The van der Waals surface area contributed by atoms with Gasteiger partial charge >= 0.3 is 0 Å². The van der Waals surface area contributed by atoms with E-state index < -0.39 is 28.5 Å². The molecular weight excluding hydrogens is 522 g/mol. The minimum absolute atomic E-state index is 0.00964. The molecule has 0 aliphatic carbocycles. The van der Waals surface area contributed by atoms with Gasteiger partial charge in [-0.25, -0.2) is 8.42 Å². The smallest absolute Gasteiger partial charge is 0.264 e. The molecule has 2 amide bonds. The van der Waals surface area contributed by atoms with E-state index in [1.807, 2.05) is 64.1 Å². The minimum atomic E-state index is -4.13. The molecule has 0 saturated carbocycles. The third-order valence-corrected chi connectivity index (χ3v) is 8.02. The lowest BCUT2D eigenvalue weighted by Crippen LogP contribution is -2.53. The number of nitrogens with zero attached hydrogens (tertiary/aromatic N) is 2. The highest BCUT2D eigenvalue weighted by Gasteiger charge is 2.33. The fourth-order valence-corrected chi connectivity index (χ4v) is 5.66. The van der Waals surface area contributed by atoms with Gasteiger partial charge in [-0.3, -0.25) is 13.9 Å². The second kappa shape index (κ2) is 12.9. The zero-order chi connectivity index (χ0) is 27.9. The summed E-state index contributed by atoms with van der Waals surface area (Å²) in [5.41, 5.74) is 2.03. The molecule has 3 rings (SSSR count). The van der Waals surface area contributed by atoms with Gasteiger partial charge in [0.25, 0.3) is 10.0 Å². The molecule has 3 aromatic rings. The molecule has 9 heteroatoms. The maximum absolute atomic E-state index is 14.0. The van der Waals surface area contributed by atoms with Crippen molar-refractivity contribution < 1.29 is 18.0 Å². The Hall–Kier alpha value is -3.36. The van der Waals surface area contributed by atoms with Gasteiger partial charge in [0.05, 0.1) is 10.6 Å². The first-order valence-corrected chi connectivity index (χ1v) is 14.3. The molecular formula is C29H34ClN3O4S. The van der Waals surface area contributed by atoms with Crippen molar-refractivity contribution >= 4 is 39.1 Å². The number of aryl methyl sites for hydroxylation is 1. The van der Waals surface area contributed by atoms with E-state index in [0.717, 1.165) is 15.4 Å². The predicted molar refractivity (Wildman–Crippen MR) is 152 cm³/mol. The number of nitrogens with one attached hydrogen (secondary N) is 1. The van der Waals surface area contributed by atoms with Crippen LogP contribution in [-0.2, 0) is 26.2 Å². The van der Waals surface area contributed by atoms with Crippen molar-refractivity contribution in [3.05, 3.63) is 95.0 Å². The summed E-state index contributed by atoms with van der Waals surface area (Å²) in [5, 5.41) is 3.29. The first-order valence-electron chi connectivity index (χ1n) is 12.5. The quantitative estimate of drug-likeness (QED) is 0.353. The van der Waals surface area contributed by atoms with Crippen molar-refractivity contribution in [3.63, 3.8) is 0 Å². The molecule has 0 unspecified atom stereocenters. The van der Waals surface area contributed by atoms with Gasteiger partial charge in [-0.15, -0.1) is 0 Å². The first-order chi connectivity index (χ1) is 18.0. The van der Waals surface area contributed by atoms with Gasteiger partial charge in [-0.05, 0) is 74.7 Å². The third-order valence-electron chi connectivity index (χ3n) is 5.98. The van der Waals surface area contributed by atoms with Crippen LogP contribution in [0.2, 0.25) is 5.02 Å². The van der Waals surface area contributed by atoms with Crippen LogP contribution in [0.1, 0.15) is 38.3 Å². The molecule has 0 radical (unpaired) electrons. The SMILES string of the molecule is CC[C@@H](C(=O)NC(C)C)N(Cc1ccccc1)C(=O)CN(c1cccc(C)c1)S(=O)(=O)c1ccc(Cl)cc1. The number of carbonyl (C=O) groups is 2. The molecule has 1 atom stereocenters. The van der Waals surface area contributed by atoms with Crippen LogP contribution in [0.4, 0.5) is 5.69 Å². The maximum Gasteiger partial charge on any atom is 0.264 e. The lowest BCUT2D eigenvalue weighted by molar-refractivity contribution is -0.140. The van der Waals surface area contributed by atoms with Gasteiger partial charge in [0.2, 0.25) is 11.8 Å². The largest absolute Gasteiger partial charge is 0.352 e. The van der Waals surface area contributed by atoms with E-state index in [1.54, 1.807) is 18.2 Å². The highest BCUT2D eigenvalue weighted by atomic mass is 35.5. The number of rotatable bonds is 11. The Morgan fingerprint density at radius 1 is 0.947 bits per heavy atom. The summed E-state index contributed by atoms with van der Waals surface area (Å²) in [6, 6.07) is 21.2. The summed E-state index contributed by atoms with van der Waals surface area (Å²) in [6.45, 7) is 7.07. The normalized spacial score (nSPS) is 12.2. The van der Waals surface area contributed by atoms with Crippen LogP contribution < -0.4 is 9.62 Å². The number of amides is 2. The summed E-state index contributed by atoms with van der Waals surface area (Å²) >= 11 is 5.99. The van der Waals surface area contributed by atoms with Crippen molar-refractivity contribution in [1.29, 1.82) is 0 Å². The average molecular weight is 556 g/mol. The standard InChI is InChI=1S/C29H34ClN3O4S/c1-5-27(29(35)31-21(2)3)32(19-23-11-7-6-8-12-23)28(34)20-33(25-13-9-10-22(4)18-25)38(36,37)26-16-14-24(30)15-17-26/h6-18,21,27H,5,19-20H2,1-4H3,(H,31,35)/t27-/m0/s1. The van der Waals surface area contributed by atoms with E-state index in [2.05, 4.69) is 5.32 Å². The molecule has 38 heavy (non-hydrogen) atoms. The summed E-state index contributed by atoms with van der Waals surface area (Å²) in [7, 11) is -4.13. The molecule has 0 heterocycles. The molecule has 0 spiro atoms. The van der Waals surface area contributed by atoms with Crippen molar-refractivity contribution in [2.45, 2.75) is 57.6 Å². The Labute approximate surface area is 230 Å². The predicted octanol–water partition coefficient (Wildman–Crippen LogP) is 5.18. The Balaban J connectivity index is 2.05. The summed E-state index contributed by atoms with van der Waals surface area (Å²) in [6.07, 6.45) is 0.367. The summed E-state index contributed by atoms with van der Waals surface area (Å²) in [4.78, 5) is 28.6. The number of benzene rings is 3. The van der Waals surface area contributed by atoms with E-state index in [4.69, 9.17) is 11.6 Å². The van der Waals surface area contributed by atoms with E-state index in [1.165, 1.54) is 29.2 Å². The Kier molecular flexibility index (Phi) is 9.94. The Bertz CT molecular complexity index is 1350. The second-order valence-corrected chi connectivity index (χ2v) is 11.7. The molecule has 202 valence electrons. The monoisotopic (exact) mass is 555 g/mol. The summed E-state index contributed by atoms with van der Waals surface area (Å²) < 4.78 is 28.7. The zero-order valence-corrected chi connectivity index (χ0v) is 23.7. The second-order valence-electron chi connectivity index (χ2n) is 9.40. The molecule has 3 aromatic carbocycles. The highest BCUT2D eigenvalue weighted by molar-refractivity contribution is 7.92. The fourth-order valence-electron chi connectivity index (χ4n) is 4.13. The molecule has 0 fully saturated rings. The van der Waals surface area contributed by atoms with Crippen molar-refractivity contribution in [2.75, 3.05) is 10.8 Å². The van der Waals surface area contributed by atoms with Gasteiger partial charge < -0.3 is 10.2 Å². The van der Waals surface area contributed by atoms with Crippen molar-refractivity contribution in [1.82, 2.24) is 10.2 Å². The third kappa shape index (κ3) is 7.36. The number of anilines is 1. The summed E-state index contributed by atoms with van der Waals surface area (Å²) in [5.74, 6) is -0.770. The highest BCUT2D eigenvalue weighted by Crippen LogP contribution is 2.26. The molecule has 1 N–H and O–H groups in total. The number of hydrogen-bond donors (Lipinski definition) is 1. The maximum atomic E-state index is 14.0. The number of carbonyl (C=O) groups excluding carboxylic acids is 2. The van der Waals surface area contributed by atoms with Crippen LogP contribution >= 0.6 is 11.6 Å².